The van der Waals surface area contributed by atoms with Gasteiger partial charge in [0.05, 0.1) is 0 Å². The number of unbranched alkanes of at least 4 members (excludes halogenated alkanes) is 1. The van der Waals surface area contributed by atoms with Crippen molar-refractivity contribution in [2.24, 2.45) is 4.99 Å². The summed E-state index contributed by atoms with van der Waals surface area (Å²) in [5.41, 5.74) is 0.925. The van der Waals surface area contributed by atoms with Crippen molar-refractivity contribution in [3.63, 3.8) is 0 Å². The Labute approximate surface area is 172 Å². The predicted molar refractivity (Wildman–Crippen MR) is 113 cm³/mol. The SMILES string of the molecule is N#CN=C(Oc1ccccc1)N(CCCCOC1CCCCO1)c1ccccc1. The maximum absolute atomic E-state index is 9.19. The van der Waals surface area contributed by atoms with Crippen LogP contribution in [0.5, 0.6) is 5.75 Å². The van der Waals surface area contributed by atoms with E-state index in [0.29, 0.717) is 18.9 Å². The first-order chi connectivity index (χ1) is 14.4. The van der Waals surface area contributed by atoms with Crippen LogP contribution in [0, 0.1) is 11.5 Å². The molecule has 1 atom stereocenters. The molecule has 0 aliphatic carbocycles. The highest BCUT2D eigenvalue weighted by atomic mass is 16.7. The zero-order chi connectivity index (χ0) is 20.2. The van der Waals surface area contributed by atoms with Gasteiger partial charge in [-0.05, 0) is 56.4 Å². The average molecular weight is 393 g/mol. The highest BCUT2D eigenvalue weighted by Gasteiger charge is 2.17. The fraction of sp³-hybridized carbons (Fsp3) is 0.391. The van der Waals surface area contributed by atoms with Gasteiger partial charge in [-0.3, -0.25) is 4.90 Å². The van der Waals surface area contributed by atoms with Crippen molar-refractivity contribution >= 4 is 11.7 Å². The Bertz CT molecular complexity index is 784. The Morgan fingerprint density at radius 3 is 2.52 bits per heavy atom. The van der Waals surface area contributed by atoms with Gasteiger partial charge in [0, 0.05) is 25.4 Å². The molecule has 0 saturated carbocycles. The third-order valence-electron chi connectivity index (χ3n) is 4.61. The molecule has 0 aromatic heterocycles. The lowest BCUT2D eigenvalue weighted by atomic mass is 10.2. The Kier molecular flexibility index (Phi) is 8.52. The first-order valence-electron chi connectivity index (χ1n) is 10.1. The number of nitrogens with zero attached hydrogens (tertiary/aromatic N) is 3. The van der Waals surface area contributed by atoms with E-state index in [4.69, 9.17) is 14.2 Å². The molecule has 2 aromatic carbocycles. The van der Waals surface area contributed by atoms with Crippen molar-refractivity contribution in [2.45, 2.75) is 38.4 Å². The van der Waals surface area contributed by atoms with Crippen molar-refractivity contribution in [1.29, 1.82) is 5.26 Å². The van der Waals surface area contributed by atoms with Crippen LogP contribution in [0.1, 0.15) is 32.1 Å². The van der Waals surface area contributed by atoms with Crippen LogP contribution in [0.2, 0.25) is 0 Å². The second kappa shape index (κ2) is 11.8. The highest BCUT2D eigenvalue weighted by molar-refractivity contribution is 5.93. The van der Waals surface area contributed by atoms with E-state index >= 15 is 0 Å². The normalized spacial score (nSPS) is 16.8. The van der Waals surface area contributed by atoms with Crippen LogP contribution in [0.25, 0.3) is 0 Å². The molecule has 3 rings (SSSR count). The highest BCUT2D eigenvalue weighted by Crippen LogP contribution is 2.19. The fourth-order valence-electron chi connectivity index (χ4n) is 3.15. The number of nitriles is 1. The van der Waals surface area contributed by atoms with Gasteiger partial charge in [-0.15, -0.1) is 4.99 Å². The summed E-state index contributed by atoms with van der Waals surface area (Å²) in [6.45, 7) is 2.10. The van der Waals surface area contributed by atoms with E-state index in [0.717, 1.165) is 44.4 Å². The third-order valence-corrected chi connectivity index (χ3v) is 4.61. The molecule has 1 aliphatic rings. The number of aliphatic imine (C=N–C) groups is 1. The maximum atomic E-state index is 9.19. The molecule has 1 heterocycles. The van der Waals surface area contributed by atoms with E-state index < -0.39 is 0 Å². The van der Waals surface area contributed by atoms with E-state index in [2.05, 4.69) is 4.99 Å². The number of para-hydroxylation sites is 2. The van der Waals surface area contributed by atoms with Gasteiger partial charge in [0.15, 0.2) is 6.29 Å². The molecule has 0 radical (unpaired) electrons. The Hall–Kier alpha value is -2.88. The average Bonchev–Trinajstić information content (AvgIpc) is 2.78. The van der Waals surface area contributed by atoms with Crippen LogP contribution in [-0.4, -0.2) is 32.1 Å². The number of amidine groups is 1. The molecule has 0 amide bonds. The monoisotopic (exact) mass is 393 g/mol. The fourth-order valence-corrected chi connectivity index (χ4v) is 3.15. The van der Waals surface area contributed by atoms with Gasteiger partial charge in [-0.1, -0.05) is 36.4 Å². The van der Waals surface area contributed by atoms with E-state index in [1.54, 1.807) is 0 Å². The minimum atomic E-state index is -0.0638. The van der Waals surface area contributed by atoms with Gasteiger partial charge in [-0.2, -0.15) is 5.26 Å². The van der Waals surface area contributed by atoms with E-state index in [1.165, 1.54) is 0 Å². The standard InChI is InChI=1S/C23H27N3O3/c24-19-25-23(29-21-13-5-2-6-14-21)26(20-11-3-1-4-12-20)16-8-10-18-28-22-15-7-9-17-27-22/h1-6,11-14,22H,7-10,15-18H2. The van der Waals surface area contributed by atoms with E-state index in [9.17, 15) is 5.26 Å². The van der Waals surface area contributed by atoms with Gasteiger partial charge < -0.3 is 14.2 Å². The number of hydrogen-bond acceptors (Lipinski definition) is 5. The van der Waals surface area contributed by atoms with Crippen molar-refractivity contribution in [2.75, 3.05) is 24.7 Å². The molecule has 6 heteroatoms. The van der Waals surface area contributed by atoms with Gasteiger partial charge in [0.1, 0.15) is 5.75 Å². The number of benzene rings is 2. The lowest BCUT2D eigenvalue weighted by Gasteiger charge is -2.25. The van der Waals surface area contributed by atoms with Crippen LogP contribution in [0.3, 0.4) is 0 Å². The molecule has 1 unspecified atom stereocenters. The smallest absolute Gasteiger partial charge is 0.312 e. The van der Waals surface area contributed by atoms with Gasteiger partial charge in [-0.25, -0.2) is 0 Å². The van der Waals surface area contributed by atoms with Crippen LogP contribution in [-0.2, 0) is 9.47 Å². The Balaban J connectivity index is 1.60. The van der Waals surface area contributed by atoms with E-state index in [-0.39, 0.29) is 12.3 Å². The molecule has 0 bridgehead atoms. The molecule has 152 valence electrons. The number of rotatable bonds is 8. The second-order valence-corrected chi connectivity index (χ2v) is 6.77. The molecule has 0 spiro atoms. The summed E-state index contributed by atoms with van der Waals surface area (Å²) >= 11 is 0. The largest absolute Gasteiger partial charge is 0.425 e. The van der Waals surface area contributed by atoms with Crippen LogP contribution in [0.4, 0.5) is 5.69 Å². The summed E-state index contributed by atoms with van der Waals surface area (Å²) in [6.07, 6.45) is 6.80. The summed E-state index contributed by atoms with van der Waals surface area (Å²) in [6, 6.07) is 19.5. The topological polar surface area (TPSA) is 67.1 Å². The lowest BCUT2D eigenvalue weighted by molar-refractivity contribution is -0.162. The molecule has 1 aliphatic heterocycles. The molecule has 6 nitrogen and oxygen atoms in total. The van der Waals surface area contributed by atoms with Gasteiger partial charge in [0.2, 0.25) is 6.19 Å². The van der Waals surface area contributed by atoms with Crippen LogP contribution >= 0.6 is 0 Å². The molecule has 2 aromatic rings. The van der Waals surface area contributed by atoms with Gasteiger partial charge in [0.25, 0.3) is 0 Å². The quantitative estimate of drug-likeness (QED) is 0.281. The summed E-state index contributed by atoms with van der Waals surface area (Å²) in [5.74, 6) is 0.639. The molecule has 1 saturated heterocycles. The number of anilines is 1. The molecule has 0 N–H and O–H groups in total. The Morgan fingerprint density at radius 1 is 1.07 bits per heavy atom. The summed E-state index contributed by atoms with van der Waals surface area (Å²) in [5, 5.41) is 9.19. The molecule has 1 fully saturated rings. The van der Waals surface area contributed by atoms with Crippen molar-refractivity contribution in [3.8, 4) is 11.9 Å². The third kappa shape index (κ3) is 6.90. The zero-order valence-corrected chi connectivity index (χ0v) is 16.6. The van der Waals surface area contributed by atoms with Crippen LogP contribution < -0.4 is 9.64 Å². The van der Waals surface area contributed by atoms with Crippen molar-refractivity contribution in [3.05, 3.63) is 60.7 Å². The molecular weight excluding hydrogens is 366 g/mol. The van der Waals surface area contributed by atoms with Crippen LogP contribution in [0.15, 0.2) is 65.7 Å². The lowest BCUT2D eigenvalue weighted by Crippen LogP contribution is -2.36. The summed E-state index contributed by atoms with van der Waals surface area (Å²) < 4.78 is 17.3. The first-order valence-corrected chi connectivity index (χ1v) is 10.1. The summed E-state index contributed by atoms with van der Waals surface area (Å²) in [7, 11) is 0. The molecular formula is C23H27N3O3. The van der Waals surface area contributed by atoms with Crippen molar-refractivity contribution in [1.82, 2.24) is 0 Å². The van der Waals surface area contributed by atoms with Crippen molar-refractivity contribution < 1.29 is 14.2 Å². The predicted octanol–water partition coefficient (Wildman–Crippen LogP) is 4.73. The minimum Gasteiger partial charge on any atom is -0.425 e. The minimum absolute atomic E-state index is 0.0638. The maximum Gasteiger partial charge on any atom is 0.312 e. The number of hydrogen-bond donors (Lipinski definition) is 0. The van der Waals surface area contributed by atoms with E-state index in [1.807, 2.05) is 71.8 Å². The zero-order valence-electron chi connectivity index (χ0n) is 16.6. The summed E-state index contributed by atoms with van der Waals surface area (Å²) in [4.78, 5) is 5.87. The molecule has 29 heavy (non-hydrogen) atoms. The number of ether oxygens (including phenoxy) is 3. The Morgan fingerprint density at radius 2 is 1.83 bits per heavy atom. The van der Waals surface area contributed by atoms with Gasteiger partial charge >= 0.3 is 6.02 Å². The second-order valence-electron chi connectivity index (χ2n) is 6.77. The first kappa shape index (κ1) is 20.8.